The quantitative estimate of drug-likeness (QED) is 0.364. The fourth-order valence-corrected chi connectivity index (χ4v) is 0.640. The van der Waals surface area contributed by atoms with Crippen LogP contribution < -0.4 is 16.3 Å². The molecule has 0 aliphatic heterocycles. The topological polar surface area (TPSA) is 55.9 Å². The Labute approximate surface area is 53.9 Å². The Bertz CT molecular complexity index is 220. The van der Waals surface area contributed by atoms with E-state index >= 15 is 0 Å². The molecule has 0 fully saturated rings. The van der Waals surface area contributed by atoms with Gasteiger partial charge in [-0.05, 0) is 18.6 Å². The van der Waals surface area contributed by atoms with Crippen molar-refractivity contribution in [1.29, 1.82) is 0 Å². The molecule has 1 rings (SSSR count). The zero-order valence-corrected chi connectivity index (χ0v) is 5.33. The van der Waals surface area contributed by atoms with E-state index in [4.69, 9.17) is 11.6 Å². The maximum absolute atomic E-state index is 5.43. The van der Waals surface area contributed by atoms with Gasteiger partial charge in [-0.15, -0.1) is 4.68 Å². The molecule has 0 radical (unpaired) electrons. The summed E-state index contributed by atoms with van der Waals surface area (Å²) in [5, 5.41) is 0. The van der Waals surface area contributed by atoms with Gasteiger partial charge in [0.2, 0.25) is 0 Å². The third-order valence-electron chi connectivity index (χ3n) is 1.16. The number of rotatable bonds is 0. The molecule has 0 aromatic carbocycles. The van der Waals surface area contributed by atoms with Crippen molar-refractivity contribution in [2.24, 2.45) is 0 Å². The van der Waals surface area contributed by atoms with Gasteiger partial charge in [0.1, 0.15) is 6.20 Å². The molecule has 4 N–H and O–H groups in total. The molecule has 0 atom stereocenters. The second-order valence-electron chi connectivity index (χ2n) is 2.04. The molecule has 0 aliphatic carbocycles. The molecule has 0 spiro atoms. The number of anilines is 1. The molecule has 48 valence electrons. The Morgan fingerprint density at radius 2 is 2.11 bits per heavy atom. The summed E-state index contributed by atoms with van der Waals surface area (Å²) < 4.78 is 1.40. The number of nitrogen functional groups attached to an aromatic ring is 2. The van der Waals surface area contributed by atoms with Crippen molar-refractivity contribution in [3.8, 4) is 0 Å². The lowest BCUT2D eigenvalue weighted by molar-refractivity contribution is -0.624. The predicted molar refractivity (Wildman–Crippen MR) is 35.9 cm³/mol. The number of aromatic nitrogens is 1. The molecular formula is C6H10N3+. The molecular weight excluding hydrogens is 114 g/mol. The first kappa shape index (κ1) is 5.88. The summed E-state index contributed by atoms with van der Waals surface area (Å²) in [5.74, 6) is 5.98. The molecule has 3 heteroatoms. The lowest BCUT2D eigenvalue weighted by Crippen LogP contribution is -2.46. The minimum Gasteiger partial charge on any atom is -0.285 e. The van der Waals surface area contributed by atoms with Crippen LogP contribution in [0.15, 0.2) is 18.3 Å². The Morgan fingerprint density at radius 1 is 1.44 bits per heavy atom. The van der Waals surface area contributed by atoms with Crippen LogP contribution in [0.1, 0.15) is 5.56 Å². The van der Waals surface area contributed by atoms with E-state index in [1.54, 1.807) is 12.3 Å². The van der Waals surface area contributed by atoms with E-state index in [-0.39, 0.29) is 0 Å². The number of hydrogen-bond acceptors (Lipinski definition) is 2. The smallest absolute Gasteiger partial charge is 0.285 e. The van der Waals surface area contributed by atoms with Crippen molar-refractivity contribution < 1.29 is 4.68 Å². The zero-order valence-electron chi connectivity index (χ0n) is 5.33. The highest BCUT2D eigenvalue weighted by atomic mass is 15.3. The van der Waals surface area contributed by atoms with E-state index in [1.807, 2.05) is 13.0 Å². The van der Waals surface area contributed by atoms with Crippen molar-refractivity contribution >= 4 is 5.82 Å². The van der Waals surface area contributed by atoms with Crippen molar-refractivity contribution in [2.45, 2.75) is 6.92 Å². The molecule has 1 heterocycles. The first-order valence-electron chi connectivity index (χ1n) is 2.73. The Morgan fingerprint density at radius 3 is 2.56 bits per heavy atom. The van der Waals surface area contributed by atoms with Crippen molar-refractivity contribution in [3.05, 3.63) is 23.9 Å². The number of hydrogen-bond donors (Lipinski definition) is 2. The van der Waals surface area contributed by atoms with Gasteiger partial charge in [0.05, 0.1) is 0 Å². The van der Waals surface area contributed by atoms with E-state index in [2.05, 4.69) is 0 Å². The summed E-state index contributed by atoms with van der Waals surface area (Å²) in [6.45, 7) is 1.96. The lowest BCUT2D eigenvalue weighted by Gasteiger charge is -1.93. The SMILES string of the molecule is Cc1ccc(N)[n+](N)c1. The van der Waals surface area contributed by atoms with E-state index in [0.717, 1.165) is 5.56 Å². The minimum atomic E-state index is 0.570. The first-order chi connectivity index (χ1) is 4.20. The fourth-order valence-electron chi connectivity index (χ4n) is 0.640. The summed E-state index contributed by atoms with van der Waals surface area (Å²) in [5.41, 5.74) is 6.53. The van der Waals surface area contributed by atoms with Crippen molar-refractivity contribution in [2.75, 3.05) is 11.6 Å². The molecule has 0 saturated heterocycles. The standard InChI is InChI=1S/C6H9N3/c1-5-2-3-6(7)9(8)4-5/h2-4,7H,8H2,1H3/p+1. The van der Waals surface area contributed by atoms with Crippen LogP contribution in [0.4, 0.5) is 5.82 Å². The van der Waals surface area contributed by atoms with Crippen molar-refractivity contribution in [1.82, 2.24) is 0 Å². The monoisotopic (exact) mass is 124 g/mol. The molecule has 0 unspecified atom stereocenters. The van der Waals surface area contributed by atoms with Gasteiger partial charge >= 0.3 is 0 Å². The van der Waals surface area contributed by atoms with Crippen LogP contribution in [-0.2, 0) is 0 Å². The maximum Gasteiger partial charge on any atom is 0.295 e. The lowest BCUT2D eigenvalue weighted by atomic mass is 10.3. The highest BCUT2D eigenvalue weighted by molar-refractivity contribution is 5.22. The largest absolute Gasteiger partial charge is 0.295 e. The molecule has 0 aliphatic rings. The minimum absolute atomic E-state index is 0.570. The number of aryl methyl sites for hydroxylation is 1. The summed E-state index contributed by atoms with van der Waals surface area (Å²) in [6, 6.07) is 3.69. The third-order valence-corrected chi connectivity index (χ3v) is 1.16. The van der Waals surface area contributed by atoms with Crippen LogP contribution in [0.25, 0.3) is 0 Å². The molecule has 9 heavy (non-hydrogen) atoms. The molecule has 0 amide bonds. The van der Waals surface area contributed by atoms with E-state index in [1.165, 1.54) is 4.68 Å². The Hall–Kier alpha value is -1.25. The number of pyridine rings is 1. The van der Waals surface area contributed by atoms with Gasteiger partial charge in [-0.1, -0.05) is 0 Å². The highest BCUT2D eigenvalue weighted by Gasteiger charge is 1.96. The van der Waals surface area contributed by atoms with Crippen LogP contribution in [0.5, 0.6) is 0 Å². The summed E-state index contributed by atoms with van der Waals surface area (Å²) in [6.07, 6.45) is 1.77. The predicted octanol–water partition coefficient (Wildman–Crippen LogP) is -0.421. The average molecular weight is 124 g/mol. The second kappa shape index (κ2) is 1.93. The molecule has 3 nitrogen and oxygen atoms in total. The van der Waals surface area contributed by atoms with E-state index in [9.17, 15) is 0 Å². The van der Waals surface area contributed by atoms with E-state index < -0.39 is 0 Å². The van der Waals surface area contributed by atoms with Crippen molar-refractivity contribution in [3.63, 3.8) is 0 Å². The third kappa shape index (κ3) is 1.10. The van der Waals surface area contributed by atoms with Gasteiger partial charge in [-0.2, -0.15) is 0 Å². The molecule has 1 aromatic heterocycles. The first-order valence-corrected chi connectivity index (χ1v) is 2.73. The second-order valence-corrected chi connectivity index (χ2v) is 2.04. The normalized spacial score (nSPS) is 9.44. The van der Waals surface area contributed by atoms with E-state index in [0.29, 0.717) is 5.82 Å². The molecule has 0 saturated carbocycles. The highest BCUT2D eigenvalue weighted by Crippen LogP contribution is 1.93. The average Bonchev–Trinajstić information content (AvgIpc) is 1.80. The van der Waals surface area contributed by atoms with Gasteiger partial charge in [-0.3, -0.25) is 11.6 Å². The van der Waals surface area contributed by atoms with Crippen LogP contribution >= 0.6 is 0 Å². The zero-order chi connectivity index (χ0) is 6.85. The summed E-state index contributed by atoms with van der Waals surface area (Å²) >= 11 is 0. The van der Waals surface area contributed by atoms with Gasteiger partial charge in [0.25, 0.3) is 5.82 Å². The number of nitrogens with two attached hydrogens (primary N) is 2. The van der Waals surface area contributed by atoms with Gasteiger partial charge in [-0.25, -0.2) is 0 Å². The maximum atomic E-state index is 5.43. The van der Waals surface area contributed by atoms with Crippen LogP contribution in [0.2, 0.25) is 0 Å². The van der Waals surface area contributed by atoms with Crippen LogP contribution in [0.3, 0.4) is 0 Å². The summed E-state index contributed by atoms with van der Waals surface area (Å²) in [7, 11) is 0. The van der Waals surface area contributed by atoms with Gasteiger partial charge in [0.15, 0.2) is 0 Å². The van der Waals surface area contributed by atoms with Crippen LogP contribution in [0, 0.1) is 6.92 Å². The van der Waals surface area contributed by atoms with Crippen LogP contribution in [-0.4, -0.2) is 0 Å². The Kier molecular flexibility index (Phi) is 1.26. The number of nitrogens with zero attached hydrogens (tertiary/aromatic N) is 1. The summed E-state index contributed by atoms with van der Waals surface area (Å²) in [4.78, 5) is 0. The molecule has 1 aromatic rings. The molecule has 0 bridgehead atoms. The Balaban J connectivity index is 3.17. The van der Waals surface area contributed by atoms with Gasteiger partial charge < -0.3 is 0 Å². The van der Waals surface area contributed by atoms with Gasteiger partial charge in [0, 0.05) is 6.07 Å². The fraction of sp³-hybridized carbons (Fsp3) is 0.167.